The van der Waals surface area contributed by atoms with E-state index in [9.17, 15) is 4.79 Å². The number of carbonyl (C=O) groups is 1. The molecule has 2 N–H and O–H groups in total. The Hall–Kier alpha value is -1.59. The summed E-state index contributed by atoms with van der Waals surface area (Å²) >= 11 is 0. The van der Waals surface area contributed by atoms with Gasteiger partial charge in [0.25, 0.3) is 5.91 Å². The Morgan fingerprint density at radius 1 is 1.47 bits per heavy atom. The molecule has 19 heavy (non-hydrogen) atoms. The molecule has 1 unspecified atom stereocenters. The zero-order valence-electron chi connectivity index (χ0n) is 11.1. The number of nitrogens with zero attached hydrogens (tertiary/aromatic N) is 1. The van der Waals surface area contributed by atoms with Crippen molar-refractivity contribution in [1.29, 1.82) is 0 Å². The number of ether oxygens (including phenoxy) is 1. The molecule has 1 fully saturated rings. The predicted molar refractivity (Wildman–Crippen MR) is 71.9 cm³/mol. The number of aliphatic hydroxyl groups excluding tert-OH is 1. The molecule has 0 saturated carbocycles. The number of amides is 1. The second-order valence-electron chi connectivity index (χ2n) is 4.64. The van der Waals surface area contributed by atoms with Crippen molar-refractivity contribution in [2.45, 2.75) is 19.6 Å². The molecule has 1 aliphatic rings. The van der Waals surface area contributed by atoms with Crippen LogP contribution in [0.4, 0.5) is 0 Å². The van der Waals surface area contributed by atoms with Crippen LogP contribution in [0.25, 0.3) is 0 Å². The van der Waals surface area contributed by atoms with Crippen LogP contribution >= 0.6 is 0 Å². The molecule has 0 spiro atoms. The van der Waals surface area contributed by atoms with E-state index < -0.39 is 6.10 Å². The lowest BCUT2D eigenvalue weighted by molar-refractivity contribution is -0.138. The molecule has 1 amide bonds. The Kier molecular flexibility index (Phi) is 4.76. The summed E-state index contributed by atoms with van der Waals surface area (Å²) in [7, 11) is 0. The van der Waals surface area contributed by atoms with Crippen LogP contribution in [0.5, 0.6) is 5.75 Å². The number of nitrogens with one attached hydrogen (secondary N) is 1. The van der Waals surface area contributed by atoms with E-state index >= 15 is 0 Å². The molecule has 1 atom stereocenters. The first kappa shape index (κ1) is 13.8. The highest BCUT2D eigenvalue weighted by molar-refractivity contribution is 5.81. The number of benzene rings is 1. The standard InChI is InChI=1S/C14H20N2O3/c1-11(14(18)16-7-5-15-6-8-16)19-13-4-2-3-12(9-13)10-17/h2-4,9,11,15,17H,5-8,10H2,1H3. The fraction of sp³-hybridized carbons (Fsp3) is 0.500. The van der Waals surface area contributed by atoms with Crippen LogP contribution in [0.3, 0.4) is 0 Å². The van der Waals surface area contributed by atoms with Gasteiger partial charge < -0.3 is 20.1 Å². The first-order valence-electron chi connectivity index (χ1n) is 6.56. The summed E-state index contributed by atoms with van der Waals surface area (Å²) in [4.78, 5) is 14.0. The van der Waals surface area contributed by atoms with Crippen molar-refractivity contribution in [3.63, 3.8) is 0 Å². The van der Waals surface area contributed by atoms with Crippen molar-refractivity contribution in [2.24, 2.45) is 0 Å². The summed E-state index contributed by atoms with van der Waals surface area (Å²) < 4.78 is 5.65. The molecule has 0 bridgehead atoms. The van der Waals surface area contributed by atoms with Crippen molar-refractivity contribution >= 4 is 5.91 Å². The molecule has 1 heterocycles. The molecule has 0 aliphatic carbocycles. The summed E-state index contributed by atoms with van der Waals surface area (Å²) in [5.41, 5.74) is 0.777. The first-order chi connectivity index (χ1) is 9.20. The van der Waals surface area contributed by atoms with Gasteiger partial charge >= 0.3 is 0 Å². The molecule has 1 aromatic rings. The Morgan fingerprint density at radius 2 is 2.21 bits per heavy atom. The Bertz CT molecular complexity index is 430. The monoisotopic (exact) mass is 264 g/mol. The van der Waals surface area contributed by atoms with E-state index in [1.807, 2.05) is 17.0 Å². The van der Waals surface area contributed by atoms with Crippen molar-refractivity contribution in [1.82, 2.24) is 10.2 Å². The molecule has 0 radical (unpaired) electrons. The number of aliphatic hydroxyl groups is 1. The molecule has 5 nitrogen and oxygen atoms in total. The molecular weight excluding hydrogens is 244 g/mol. The van der Waals surface area contributed by atoms with E-state index in [1.165, 1.54) is 0 Å². The summed E-state index contributed by atoms with van der Waals surface area (Å²) in [6.07, 6.45) is -0.507. The second kappa shape index (κ2) is 6.54. The minimum Gasteiger partial charge on any atom is -0.481 e. The average molecular weight is 264 g/mol. The lowest BCUT2D eigenvalue weighted by Crippen LogP contribution is -2.50. The van der Waals surface area contributed by atoms with E-state index in [2.05, 4.69) is 5.32 Å². The van der Waals surface area contributed by atoms with Crippen LogP contribution in [-0.2, 0) is 11.4 Å². The number of rotatable bonds is 4. The van der Waals surface area contributed by atoms with Gasteiger partial charge in [0.15, 0.2) is 6.10 Å². The number of piperazine rings is 1. The van der Waals surface area contributed by atoms with Gasteiger partial charge in [-0.1, -0.05) is 12.1 Å². The van der Waals surface area contributed by atoms with Crippen LogP contribution in [0.15, 0.2) is 24.3 Å². The van der Waals surface area contributed by atoms with Gasteiger partial charge in [-0.15, -0.1) is 0 Å². The van der Waals surface area contributed by atoms with Gasteiger partial charge in [-0.05, 0) is 24.6 Å². The zero-order valence-corrected chi connectivity index (χ0v) is 11.1. The van der Waals surface area contributed by atoms with Gasteiger partial charge in [0.05, 0.1) is 6.61 Å². The highest BCUT2D eigenvalue weighted by atomic mass is 16.5. The minimum atomic E-state index is -0.507. The number of carbonyl (C=O) groups excluding carboxylic acids is 1. The van der Waals surface area contributed by atoms with E-state index in [0.717, 1.165) is 31.7 Å². The van der Waals surface area contributed by atoms with Crippen molar-refractivity contribution in [2.75, 3.05) is 26.2 Å². The molecule has 2 rings (SSSR count). The number of hydrogen-bond acceptors (Lipinski definition) is 4. The van der Waals surface area contributed by atoms with Gasteiger partial charge in [-0.25, -0.2) is 0 Å². The van der Waals surface area contributed by atoms with Crippen molar-refractivity contribution in [3.05, 3.63) is 29.8 Å². The molecule has 104 valence electrons. The third-order valence-corrected chi connectivity index (χ3v) is 3.17. The van der Waals surface area contributed by atoms with Crippen LogP contribution in [0.1, 0.15) is 12.5 Å². The number of hydrogen-bond donors (Lipinski definition) is 2. The maximum absolute atomic E-state index is 12.2. The maximum atomic E-state index is 12.2. The van der Waals surface area contributed by atoms with Gasteiger partial charge in [0.1, 0.15) is 5.75 Å². The van der Waals surface area contributed by atoms with Gasteiger partial charge in [-0.2, -0.15) is 0 Å². The second-order valence-corrected chi connectivity index (χ2v) is 4.64. The Balaban J connectivity index is 1.95. The fourth-order valence-corrected chi connectivity index (χ4v) is 2.11. The van der Waals surface area contributed by atoms with E-state index in [-0.39, 0.29) is 12.5 Å². The predicted octanol–water partition coefficient (Wildman–Crippen LogP) is 0.378. The van der Waals surface area contributed by atoms with E-state index in [1.54, 1.807) is 19.1 Å². The third-order valence-electron chi connectivity index (χ3n) is 3.17. The summed E-state index contributed by atoms with van der Waals surface area (Å²) in [6.45, 7) is 4.84. The van der Waals surface area contributed by atoms with Gasteiger partial charge in [0, 0.05) is 26.2 Å². The normalized spacial score (nSPS) is 17.1. The first-order valence-corrected chi connectivity index (χ1v) is 6.56. The van der Waals surface area contributed by atoms with Crippen LogP contribution in [0.2, 0.25) is 0 Å². The molecule has 1 aliphatic heterocycles. The quantitative estimate of drug-likeness (QED) is 0.825. The average Bonchev–Trinajstić information content (AvgIpc) is 2.47. The lowest BCUT2D eigenvalue weighted by atomic mass is 10.2. The lowest BCUT2D eigenvalue weighted by Gasteiger charge is -2.29. The summed E-state index contributed by atoms with van der Waals surface area (Å²) in [5, 5.41) is 12.3. The van der Waals surface area contributed by atoms with E-state index in [0.29, 0.717) is 5.75 Å². The molecule has 1 saturated heterocycles. The molecule has 0 aromatic heterocycles. The molecule has 1 aromatic carbocycles. The topological polar surface area (TPSA) is 61.8 Å². The van der Waals surface area contributed by atoms with Gasteiger partial charge in [0.2, 0.25) is 0 Å². The van der Waals surface area contributed by atoms with Crippen molar-refractivity contribution < 1.29 is 14.6 Å². The Morgan fingerprint density at radius 3 is 2.89 bits per heavy atom. The molecular formula is C14H20N2O3. The largest absolute Gasteiger partial charge is 0.481 e. The minimum absolute atomic E-state index is 0.0101. The summed E-state index contributed by atoms with van der Waals surface area (Å²) in [5.74, 6) is 0.624. The maximum Gasteiger partial charge on any atom is 0.263 e. The van der Waals surface area contributed by atoms with Crippen LogP contribution in [0, 0.1) is 0 Å². The van der Waals surface area contributed by atoms with Crippen molar-refractivity contribution in [3.8, 4) is 5.75 Å². The third kappa shape index (κ3) is 3.68. The van der Waals surface area contributed by atoms with Crippen LogP contribution < -0.4 is 10.1 Å². The fourth-order valence-electron chi connectivity index (χ4n) is 2.11. The van der Waals surface area contributed by atoms with Gasteiger partial charge in [-0.3, -0.25) is 4.79 Å². The highest BCUT2D eigenvalue weighted by Gasteiger charge is 2.23. The molecule has 5 heteroatoms. The highest BCUT2D eigenvalue weighted by Crippen LogP contribution is 2.15. The van der Waals surface area contributed by atoms with Crippen LogP contribution in [-0.4, -0.2) is 48.2 Å². The zero-order chi connectivity index (χ0) is 13.7. The SMILES string of the molecule is CC(Oc1cccc(CO)c1)C(=O)N1CCNCC1. The summed E-state index contributed by atoms with van der Waals surface area (Å²) in [6, 6.07) is 7.17. The Labute approximate surface area is 113 Å². The van der Waals surface area contributed by atoms with E-state index in [4.69, 9.17) is 9.84 Å². The smallest absolute Gasteiger partial charge is 0.263 e.